The Balaban J connectivity index is 2.01. The Labute approximate surface area is 123 Å². The predicted octanol–water partition coefficient (Wildman–Crippen LogP) is 4.39. The Bertz CT molecular complexity index is 801. The summed E-state index contributed by atoms with van der Waals surface area (Å²) in [7, 11) is 0. The van der Waals surface area contributed by atoms with Crippen LogP contribution in [0.1, 0.15) is 10.4 Å². The molecule has 6 heteroatoms. The number of nitrogens with zero attached hydrogens (tertiary/aromatic N) is 1. The molecule has 0 aliphatic rings. The number of nitrogens with one attached hydrogen (secondary N) is 1. The van der Waals surface area contributed by atoms with Crippen LogP contribution in [0.5, 0.6) is 0 Å². The number of carbonyl (C=O) groups is 1. The summed E-state index contributed by atoms with van der Waals surface area (Å²) in [6.07, 6.45) is 1.72. The van der Waals surface area contributed by atoms with Gasteiger partial charge in [-0.15, -0.1) is 11.3 Å². The van der Waals surface area contributed by atoms with Crippen molar-refractivity contribution < 1.29 is 9.90 Å². The molecular formula is C14H9ClN2O2S. The van der Waals surface area contributed by atoms with E-state index < -0.39 is 5.97 Å². The average Bonchev–Trinajstić information content (AvgIpc) is 2.90. The highest BCUT2D eigenvalue weighted by atomic mass is 35.5. The molecule has 0 aliphatic heterocycles. The molecule has 2 N–H and O–H groups in total. The lowest BCUT2D eigenvalue weighted by Crippen LogP contribution is -2.00. The van der Waals surface area contributed by atoms with Gasteiger partial charge in [-0.05, 0) is 35.7 Å². The molecule has 0 bridgehead atoms. The summed E-state index contributed by atoms with van der Waals surface area (Å²) in [5.41, 5.74) is 0.701. The molecule has 0 amide bonds. The molecule has 3 rings (SSSR count). The number of aromatic carboxylic acids is 1. The molecule has 4 nitrogen and oxygen atoms in total. The Hall–Kier alpha value is -2.11. The maximum Gasteiger partial charge on any atom is 0.337 e. The Morgan fingerprint density at radius 2 is 2.15 bits per heavy atom. The molecule has 1 aromatic carbocycles. The molecule has 0 spiro atoms. The van der Waals surface area contributed by atoms with Crippen molar-refractivity contribution in [2.24, 2.45) is 0 Å². The predicted molar refractivity (Wildman–Crippen MR) is 81.3 cm³/mol. The van der Waals surface area contributed by atoms with Gasteiger partial charge in [0.25, 0.3) is 0 Å². The average molecular weight is 305 g/mol. The highest BCUT2D eigenvalue weighted by molar-refractivity contribution is 7.17. The fourth-order valence-corrected chi connectivity index (χ4v) is 2.88. The van der Waals surface area contributed by atoms with E-state index in [1.165, 1.54) is 6.07 Å². The van der Waals surface area contributed by atoms with Crippen LogP contribution >= 0.6 is 22.9 Å². The Kier molecular flexibility index (Phi) is 3.30. The number of thiophene rings is 1. The molecule has 100 valence electrons. The van der Waals surface area contributed by atoms with Gasteiger partial charge in [0, 0.05) is 22.0 Å². The van der Waals surface area contributed by atoms with E-state index in [-0.39, 0.29) is 10.6 Å². The van der Waals surface area contributed by atoms with Gasteiger partial charge in [-0.3, -0.25) is 0 Å². The van der Waals surface area contributed by atoms with E-state index >= 15 is 0 Å². The number of fused-ring (bicyclic) bond motifs is 1. The van der Waals surface area contributed by atoms with Gasteiger partial charge in [-0.2, -0.15) is 0 Å². The van der Waals surface area contributed by atoms with Gasteiger partial charge >= 0.3 is 5.97 Å². The number of halogens is 1. The van der Waals surface area contributed by atoms with Crippen LogP contribution in [-0.2, 0) is 0 Å². The van der Waals surface area contributed by atoms with Crippen molar-refractivity contribution in [3.63, 3.8) is 0 Å². The Morgan fingerprint density at radius 3 is 2.95 bits per heavy atom. The number of hydrogen-bond acceptors (Lipinski definition) is 4. The first-order chi connectivity index (χ1) is 9.65. The molecule has 0 radical (unpaired) electrons. The van der Waals surface area contributed by atoms with E-state index in [0.717, 1.165) is 10.1 Å². The van der Waals surface area contributed by atoms with Crippen LogP contribution in [0.3, 0.4) is 0 Å². The Morgan fingerprint density at radius 1 is 1.30 bits per heavy atom. The zero-order valence-electron chi connectivity index (χ0n) is 10.1. The van der Waals surface area contributed by atoms with Crippen molar-refractivity contribution in [1.82, 2.24) is 4.98 Å². The molecular weight excluding hydrogens is 296 g/mol. The first-order valence-electron chi connectivity index (χ1n) is 5.77. The number of pyridine rings is 1. The quantitative estimate of drug-likeness (QED) is 0.753. The van der Waals surface area contributed by atoms with Crippen LogP contribution in [0.15, 0.2) is 41.9 Å². The SMILES string of the molecule is O=C(O)c1cc(Nc2nccc3sccc23)ccc1Cl. The van der Waals surface area contributed by atoms with E-state index in [1.807, 2.05) is 17.5 Å². The minimum absolute atomic E-state index is 0.0640. The molecule has 0 atom stereocenters. The number of carboxylic acid groups (broad SMARTS) is 1. The van der Waals surface area contributed by atoms with Crippen LogP contribution in [0.25, 0.3) is 10.1 Å². The van der Waals surface area contributed by atoms with Crippen molar-refractivity contribution in [3.8, 4) is 0 Å². The van der Waals surface area contributed by atoms with Crippen LogP contribution in [0.2, 0.25) is 5.02 Å². The zero-order valence-corrected chi connectivity index (χ0v) is 11.7. The van der Waals surface area contributed by atoms with Crippen LogP contribution in [0, 0.1) is 0 Å². The van der Waals surface area contributed by atoms with Crippen molar-refractivity contribution in [2.75, 3.05) is 5.32 Å². The lowest BCUT2D eigenvalue weighted by Gasteiger charge is -2.08. The summed E-state index contributed by atoms with van der Waals surface area (Å²) in [4.78, 5) is 15.4. The number of aromatic nitrogens is 1. The van der Waals surface area contributed by atoms with Gasteiger partial charge in [-0.1, -0.05) is 11.6 Å². The maximum atomic E-state index is 11.1. The van der Waals surface area contributed by atoms with E-state index in [1.54, 1.807) is 29.7 Å². The second kappa shape index (κ2) is 5.11. The summed E-state index contributed by atoms with van der Waals surface area (Å²) in [6.45, 7) is 0. The topological polar surface area (TPSA) is 62.2 Å². The normalized spacial score (nSPS) is 10.7. The number of hydrogen-bond donors (Lipinski definition) is 2. The second-order valence-electron chi connectivity index (χ2n) is 4.12. The van der Waals surface area contributed by atoms with Gasteiger partial charge in [0.15, 0.2) is 0 Å². The zero-order chi connectivity index (χ0) is 14.1. The largest absolute Gasteiger partial charge is 0.478 e. The lowest BCUT2D eigenvalue weighted by molar-refractivity contribution is 0.0697. The monoisotopic (exact) mass is 304 g/mol. The number of carboxylic acids is 1. The summed E-state index contributed by atoms with van der Waals surface area (Å²) in [5, 5.41) is 15.4. The molecule has 2 heterocycles. The molecule has 0 saturated carbocycles. The third-order valence-electron chi connectivity index (χ3n) is 2.84. The fraction of sp³-hybridized carbons (Fsp3) is 0. The first kappa shape index (κ1) is 12.9. The van der Waals surface area contributed by atoms with Crippen molar-refractivity contribution in [3.05, 3.63) is 52.5 Å². The van der Waals surface area contributed by atoms with Gasteiger partial charge in [0.05, 0.1) is 10.6 Å². The van der Waals surface area contributed by atoms with Crippen LogP contribution in [0.4, 0.5) is 11.5 Å². The third kappa shape index (κ3) is 2.33. The van der Waals surface area contributed by atoms with Gasteiger partial charge in [0.1, 0.15) is 5.82 Å². The molecule has 0 unspecified atom stereocenters. The summed E-state index contributed by atoms with van der Waals surface area (Å²) < 4.78 is 1.12. The molecule has 2 aromatic heterocycles. The van der Waals surface area contributed by atoms with Gasteiger partial charge < -0.3 is 10.4 Å². The minimum Gasteiger partial charge on any atom is -0.478 e. The highest BCUT2D eigenvalue weighted by Gasteiger charge is 2.10. The van der Waals surface area contributed by atoms with Crippen molar-refractivity contribution in [2.45, 2.75) is 0 Å². The molecule has 3 aromatic rings. The number of anilines is 2. The standard InChI is InChI=1S/C14H9ClN2O2S/c15-11-2-1-8(7-10(11)14(18)19)17-13-9-4-6-20-12(9)3-5-16-13/h1-7H,(H,16,17)(H,18,19). The van der Waals surface area contributed by atoms with Gasteiger partial charge in [-0.25, -0.2) is 9.78 Å². The summed E-state index contributed by atoms with van der Waals surface area (Å²) in [5.74, 6) is -0.359. The smallest absolute Gasteiger partial charge is 0.337 e. The van der Waals surface area contributed by atoms with E-state index in [0.29, 0.717) is 11.5 Å². The van der Waals surface area contributed by atoms with Crippen LogP contribution in [-0.4, -0.2) is 16.1 Å². The third-order valence-corrected chi connectivity index (χ3v) is 4.05. The second-order valence-corrected chi connectivity index (χ2v) is 5.47. The van der Waals surface area contributed by atoms with Crippen molar-refractivity contribution in [1.29, 1.82) is 0 Å². The molecule has 0 fully saturated rings. The number of rotatable bonds is 3. The molecule has 0 saturated heterocycles. The van der Waals surface area contributed by atoms with Crippen LogP contribution < -0.4 is 5.32 Å². The first-order valence-corrected chi connectivity index (χ1v) is 7.03. The molecule has 0 aliphatic carbocycles. The molecule has 20 heavy (non-hydrogen) atoms. The van der Waals surface area contributed by atoms with E-state index in [2.05, 4.69) is 10.3 Å². The van der Waals surface area contributed by atoms with E-state index in [9.17, 15) is 4.79 Å². The lowest BCUT2D eigenvalue weighted by atomic mass is 10.2. The summed E-state index contributed by atoms with van der Waals surface area (Å²) in [6, 6.07) is 8.69. The van der Waals surface area contributed by atoms with Crippen molar-refractivity contribution >= 4 is 50.5 Å². The van der Waals surface area contributed by atoms with E-state index in [4.69, 9.17) is 16.7 Å². The minimum atomic E-state index is -1.06. The maximum absolute atomic E-state index is 11.1. The summed E-state index contributed by atoms with van der Waals surface area (Å²) >= 11 is 7.48. The highest BCUT2D eigenvalue weighted by Crippen LogP contribution is 2.29. The number of benzene rings is 1. The van der Waals surface area contributed by atoms with Gasteiger partial charge in [0.2, 0.25) is 0 Å². The fourth-order valence-electron chi connectivity index (χ4n) is 1.90.